The Morgan fingerprint density at radius 1 is 1.38 bits per heavy atom. The minimum absolute atomic E-state index is 0.219. The molecule has 2 aliphatic heterocycles. The summed E-state index contributed by atoms with van der Waals surface area (Å²) in [5.41, 5.74) is 4.62. The van der Waals surface area contributed by atoms with Crippen LogP contribution in [0.2, 0.25) is 0 Å². The largest absolute Gasteiger partial charge is 0.465 e. The Bertz CT molecular complexity index is 558. The lowest BCUT2D eigenvalue weighted by Gasteiger charge is -2.31. The molecule has 1 fully saturated rings. The monoisotopic (exact) mass is 291 g/mol. The fourth-order valence-electron chi connectivity index (χ4n) is 2.37. The van der Waals surface area contributed by atoms with Gasteiger partial charge in [0.1, 0.15) is 6.10 Å². The van der Waals surface area contributed by atoms with Crippen molar-refractivity contribution < 1.29 is 19.5 Å². The highest BCUT2D eigenvalue weighted by atomic mass is 16.7. The third kappa shape index (κ3) is 2.93. The van der Waals surface area contributed by atoms with Crippen molar-refractivity contribution in [1.82, 2.24) is 15.5 Å². The predicted octanol–water partition coefficient (Wildman–Crippen LogP) is 1.42. The van der Waals surface area contributed by atoms with E-state index in [0.717, 1.165) is 16.9 Å². The Labute approximate surface area is 122 Å². The van der Waals surface area contributed by atoms with E-state index in [2.05, 4.69) is 5.59 Å². The minimum Gasteiger partial charge on any atom is -0.465 e. The highest BCUT2D eigenvalue weighted by Gasteiger charge is 2.25. The summed E-state index contributed by atoms with van der Waals surface area (Å²) < 4.78 is 5.66. The van der Waals surface area contributed by atoms with E-state index < -0.39 is 6.09 Å². The molecule has 2 heterocycles. The molecule has 1 amide bonds. The smallest absolute Gasteiger partial charge is 0.407 e. The Kier molecular flexibility index (Phi) is 3.68. The number of carbonyl (C=O) groups is 1. The molecular weight excluding hydrogens is 274 g/mol. The van der Waals surface area contributed by atoms with Crippen LogP contribution in [0.1, 0.15) is 17.2 Å². The van der Waals surface area contributed by atoms with E-state index in [-0.39, 0.29) is 6.10 Å². The Morgan fingerprint density at radius 3 is 2.76 bits per heavy atom. The molecule has 0 saturated carbocycles. The molecule has 1 aromatic rings. The molecule has 1 atom stereocenters. The van der Waals surface area contributed by atoms with E-state index in [9.17, 15) is 4.79 Å². The summed E-state index contributed by atoms with van der Waals surface area (Å²) in [6.45, 7) is 1.20. The van der Waals surface area contributed by atoms with Crippen LogP contribution in [0.5, 0.6) is 0 Å². The molecule has 21 heavy (non-hydrogen) atoms. The Balaban J connectivity index is 1.72. The highest BCUT2D eigenvalue weighted by molar-refractivity contribution is 5.65. The number of amides is 1. The number of carboxylic acid groups (broad SMARTS) is 1. The molecule has 0 spiro atoms. The lowest BCUT2D eigenvalue weighted by molar-refractivity contribution is -0.0232. The van der Waals surface area contributed by atoms with Crippen molar-refractivity contribution in [3.05, 3.63) is 41.6 Å². The molecule has 0 bridgehead atoms. The van der Waals surface area contributed by atoms with Gasteiger partial charge in [-0.1, -0.05) is 29.9 Å². The number of nitrogens with zero attached hydrogens (tertiary/aromatic N) is 2. The van der Waals surface area contributed by atoms with Crippen molar-refractivity contribution in [2.75, 3.05) is 26.7 Å². The van der Waals surface area contributed by atoms with Crippen molar-refractivity contribution in [3.8, 4) is 0 Å². The summed E-state index contributed by atoms with van der Waals surface area (Å²) in [5.74, 6) is 0.737. The van der Waals surface area contributed by atoms with Crippen LogP contribution in [0.25, 0.3) is 5.76 Å². The maximum Gasteiger partial charge on any atom is 0.407 e. The minimum atomic E-state index is -0.904. The Hall–Kier alpha value is -2.25. The molecule has 2 aliphatic rings. The molecule has 0 radical (unpaired) electrons. The predicted molar refractivity (Wildman–Crippen MR) is 74.7 cm³/mol. The summed E-state index contributed by atoms with van der Waals surface area (Å²) in [6, 6.07) is 7.75. The number of ether oxygens (including phenoxy) is 1. The van der Waals surface area contributed by atoms with E-state index in [4.69, 9.17) is 14.7 Å². The first kappa shape index (κ1) is 13.7. The average molecular weight is 291 g/mol. The number of benzene rings is 1. The van der Waals surface area contributed by atoms with Crippen LogP contribution in [0, 0.1) is 0 Å². The van der Waals surface area contributed by atoms with Gasteiger partial charge < -0.3 is 19.6 Å². The fraction of sp³-hybridized carbons (Fsp3) is 0.357. The number of rotatable bonds is 2. The first-order valence-electron chi connectivity index (χ1n) is 6.70. The van der Waals surface area contributed by atoms with Gasteiger partial charge in [-0.3, -0.25) is 5.01 Å². The second-order valence-electron chi connectivity index (χ2n) is 5.01. The normalized spacial score (nSPS) is 22.0. The lowest BCUT2D eigenvalue weighted by Crippen LogP contribution is -2.41. The van der Waals surface area contributed by atoms with Gasteiger partial charge in [0, 0.05) is 19.2 Å². The maximum absolute atomic E-state index is 11.0. The van der Waals surface area contributed by atoms with E-state index in [1.807, 2.05) is 37.5 Å². The molecule has 2 N–H and O–H groups in total. The molecule has 0 aromatic heterocycles. The molecule has 112 valence electrons. The zero-order chi connectivity index (χ0) is 14.8. The van der Waals surface area contributed by atoms with Crippen LogP contribution in [0.3, 0.4) is 0 Å². The van der Waals surface area contributed by atoms with Gasteiger partial charge in [-0.2, -0.15) is 0 Å². The topological polar surface area (TPSA) is 74.3 Å². The standard InChI is InChI=1S/C14H17N3O4/c1-16-8-13(21-15-16)11-4-2-10(3-5-11)12-9-17(14(18)19)6-7-20-12/h2-5,8,12,15H,6-7,9H2,1H3,(H,18,19). The first-order chi connectivity index (χ1) is 10.1. The van der Waals surface area contributed by atoms with Crippen molar-refractivity contribution in [2.45, 2.75) is 6.10 Å². The SMILES string of the molecule is CN1C=C(c2ccc(C3CN(C(=O)O)CCO3)cc2)ON1. The molecule has 0 aliphatic carbocycles. The van der Waals surface area contributed by atoms with Gasteiger partial charge in [-0.05, 0) is 5.56 Å². The number of hydrogen-bond acceptors (Lipinski definition) is 5. The second kappa shape index (κ2) is 5.63. The van der Waals surface area contributed by atoms with Gasteiger partial charge in [0.05, 0.1) is 19.4 Å². The van der Waals surface area contributed by atoms with E-state index >= 15 is 0 Å². The van der Waals surface area contributed by atoms with Gasteiger partial charge in [0.15, 0.2) is 5.76 Å². The fourth-order valence-corrected chi connectivity index (χ4v) is 2.37. The van der Waals surface area contributed by atoms with Gasteiger partial charge in [-0.15, -0.1) is 0 Å². The molecule has 3 rings (SSSR count). The van der Waals surface area contributed by atoms with E-state index in [1.54, 1.807) is 5.01 Å². The third-order valence-electron chi connectivity index (χ3n) is 3.51. The number of morpholine rings is 1. The van der Waals surface area contributed by atoms with Crippen LogP contribution in [-0.4, -0.2) is 47.9 Å². The Morgan fingerprint density at radius 2 is 2.14 bits per heavy atom. The van der Waals surface area contributed by atoms with Crippen LogP contribution < -0.4 is 5.59 Å². The van der Waals surface area contributed by atoms with Crippen LogP contribution in [0.4, 0.5) is 4.79 Å². The molecule has 7 nitrogen and oxygen atoms in total. The molecule has 1 saturated heterocycles. The van der Waals surface area contributed by atoms with Gasteiger partial charge in [0.2, 0.25) is 0 Å². The summed E-state index contributed by atoms with van der Waals surface area (Å²) in [4.78, 5) is 17.7. The summed E-state index contributed by atoms with van der Waals surface area (Å²) in [6.07, 6.45) is 0.722. The van der Waals surface area contributed by atoms with Crippen molar-refractivity contribution in [3.63, 3.8) is 0 Å². The average Bonchev–Trinajstić information content (AvgIpc) is 2.94. The van der Waals surface area contributed by atoms with Crippen LogP contribution in [0.15, 0.2) is 30.5 Å². The van der Waals surface area contributed by atoms with Gasteiger partial charge >= 0.3 is 6.09 Å². The maximum atomic E-state index is 11.0. The van der Waals surface area contributed by atoms with Crippen molar-refractivity contribution >= 4 is 11.9 Å². The van der Waals surface area contributed by atoms with Gasteiger partial charge in [0.25, 0.3) is 0 Å². The van der Waals surface area contributed by atoms with E-state index in [1.165, 1.54) is 4.90 Å². The number of nitrogens with one attached hydrogen (secondary N) is 1. The van der Waals surface area contributed by atoms with Crippen molar-refractivity contribution in [1.29, 1.82) is 0 Å². The van der Waals surface area contributed by atoms with Crippen molar-refractivity contribution in [2.24, 2.45) is 0 Å². The third-order valence-corrected chi connectivity index (χ3v) is 3.51. The quantitative estimate of drug-likeness (QED) is 0.858. The summed E-state index contributed by atoms with van der Waals surface area (Å²) >= 11 is 0. The molecule has 1 aromatic carbocycles. The molecule has 7 heteroatoms. The van der Waals surface area contributed by atoms with Gasteiger partial charge in [-0.25, -0.2) is 4.79 Å². The van der Waals surface area contributed by atoms with Crippen LogP contribution >= 0.6 is 0 Å². The number of hydrazine groups is 1. The number of hydrogen-bond donors (Lipinski definition) is 2. The zero-order valence-electron chi connectivity index (χ0n) is 11.7. The summed E-state index contributed by atoms with van der Waals surface area (Å²) in [5, 5.41) is 10.8. The molecule has 1 unspecified atom stereocenters. The first-order valence-corrected chi connectivity index (χ1v) is 6.70. The zero-order valence-corrected chi connectivity index (χ0v) is 11.7. The summed E-state index contributed by atoms with van der Waals surface area (Å²) in [7, 11) is 1.84. The lowest BCUT2D eigenvalue weighted by atomic mass is 10.0. The second-order valence-corrected chi connectivity index (χ2v) is 5.01. The van der Waals surface area contributed by atoms with Crippen LogP contribution in [-0.2, 0) is 9.57 Å². The molecular formula is C14H17N3O4. The van der Waals surface area contributed by atoms with E-state index in [0.29, 0.717) is 19.7 Å². The highest BCUT2D eigenvalue weighted by Crippen LogP contribution is 2.25.